The van der Waals surface area contributed by atoms with Gasteiger partial charge in [-0.2, -0.15) is 0 Å². The van der Waals surface area contributed by atoms with Crippen LogP contribution in [0, 0.1) is 5.82 Å². The van der Waals surface area contributed by atoms with Crippen molar-refractivity contribution in [3.63, 3.8) is 0 Å². The number of aliphatic imine (C=N–C) groups is 1. The number of benzene rings is 1. The van der Waals surface area contributed by atoms with Gasteiger partial charge in [-0.25, -0.2) is 19.2 Å². The maximum Gasteiger partial charge on any atom is 0.409 e. The first-order valence-electron chi connectivity index (χ1n) is 9.90. The molecule has 0 atom stereocenters. The second-order valence-corrected chi connectivity index (χ2v) is 6.87. The molecule has 168 valence electrons. The molecule has 0 radical (unpaired) electrons. The van der Waals surface area contributed by atoms with Gasteiger partial charge in [0.1, 0.15) is 11.6 Å². The molecule has 1 fully saturated rings. The van der Waals surface area contributed by atoms with Crippen molar-refractivity contribution >= 4 is 36.0 Å². The monoisotopic (exact) mass is 543 g/mol. The van der Waals surface area contributed by atoms with Gasteiger partial charge >= 0.3 is 6.09 Å². The van der Waals surface area contributed by atoms with Crippen LogP contribution in [0.3, 0.4) is 0 Å². The van der Waals surface area contributed by atoms with E-state index in [-0.39, 0.29) is 41.9 Å². The Morgan fingerprint density at radius 1 is 1.32 bits per heavy atom. The Hall–Kier alpha value is -2.63. The zero-order chi connectivity index (χ0) is 21.3. The Morgan fingerprint density at radius 2 is 2.10 bits per heavy atom. The van der Waals surface area contributed by atoms with E-state index in [1.807, 2.05) is 6.07 Å². The van der Waals surface area contributed by atoms with Gasteiger partial charge in [0.2, 0.25) is 5.88 Å². The maximum atomic E-state index is 13.2. The Labute approximate surface area is 198 Å². The van der Waals surface area contributed by atoms with Crippen LogP contribution in [0.1, 0.15) is 25.3 Å². The van der Waals surface area contributed by atoms with E-state index >= 15 is 0 Å². The third-order valence-electron chi connectivity index (χ3n) is 4.62. The minimum absolute atomic E-state index is 0. The lowest BCUT2D eigenvalue weighted by molar-refractivity contribution is 0.0963. The number of nitrogens with one attached hydrogen (secondary N) is 1. The Morgan fingerprint density at radius 3 is 2.74 bits per heavy atom. The molecule has 0 bridgehead atoms. The summed E-state index contributed by atoms with van der Waals surface area (Å²) >= 11 is 0. The smallest absolute Gasteiger partial charge is 0.409 e. The molecule has 0 saturated carbocycles. The van der Waals surface area contributed by atoms with E-state index in [2.05, 4.69) is 15.3 Å². The fraction of sp³-hybridized carbons (Fsp3) is 0.381. The van der Waals surface area contributed by atoms with E-state index in [1.54, 1.807) is 36.2 Å². The number of halogens is 2. The van der Waals surface area contributed by atoms with Crippen LogP contribution < -0.4 is 15.8 Å². The van der Waals surface area contributed by atoms with Crippen LogP contribution in [0.2, 0.25) is 0 Å². The highest BCUT2D eigenvalue weighted by Gasteiger charge is 2.23. The van der Waals surface area contributed by atoms with Crippen LogP contribution in [0.25, 0.3) is 0 Å². The number of guanidine groups is 1. The molecule has 1 aliphatic heterocycles. The fourth-order valence-corrected chi connectivity index (χ4v) is 3.07. The topological polar surface area (TPSA) is 102 Å². The summed E-state index contributed by atoms with van der Waals surface area (Å²) in [5.74, 6) is 0.737. The number of rotatable bonds is 6. The van der Waals surface area contributed by atoms with Crippen molar-refractivity contribution in [2.24, 2.45) is 10.7 Å². The Kier molecular flexibility index (Phi) is 9.76. The first kappa shape index (κ1) is 24.6. The van der Waals surface area contributed by atoms with Crippen molar-refractivity contribution in [2.45, 2.75) is 32.4 Å². The zero-order valence-corrected chi connectivity index (χ0v) is 19.6. The van der Waals surface area contributed by atoms with Crippen molar-refractivity contribution < 1.29 is 18.7 Å². The third-order valence-corrected chi connectivity index (χ3v) is 4.62. The van der Waals surface area contributed by atoms with Crippen LogP contribution in [0.15, 0.2) is 47.6 Å². The largest absolute Gasteiger partial charge is 0.450 e. The van der Waals surface area contributed by atoms with Crippen LogP contribution in [0.4, 0.5) is 9.18 Å². The normalized spacial score (nSPS) is 14.5. The minimum Gasteiger partial charge on any atom is -0.450 e. The number of nitrogens with zero attached hydrogens (tertiary/aromatic N) is 3. The SMILES string of the molecule is CCOC(=O)N1CCC(NC(N)=NCc2ccc(Oc3cccc(F)c3)nc2)CC1.I. The third kappa shape index (κ3) is 7.85. The zero-order valence-electron chi connectivity index (χ0n) is 17.3. The number of pyridine rings is 1. The summed E-state index contributed by atoms with van der Waals surface area (Å²) in [6.07, 6.45) is 2.93. The number of carbonyl (C=O) groups excluding carboxylic acids is 1. The minimum atomic E-state index is -0.368. The van der Waals surface area contributed by atoms with Gasteiger partial charge in [-0.3, -0.25) is 0 Å². The molecule has 1 aromatic heterocycles. The molecule has 1 saturated heterocycles. The molecule has 1 amide bonds. The quantitative estimate of drug-likeness (QED) is 0.328. The number of hydrogen-bond acceptors (Lipinski definition) is 5. The summed E-state index contributed by atoms with van der Waals surface area (Å²) < 4.78 is 23.7. The number of ether oxygens (including phenoxy) is 2. The fourth-order valence-electron chi connectivity index (χ4n) is 3.07. The Bertz CT molecular complexity index is 874. The molecule has 3 rings (SSSR count). The highest BCUT2D eigenvalue weighted by atomic mass is 127. The predicted octanol–water partition coefficient (Wildman–Crippen LogP) is 3.66. The molecule has 0 aliphatic carbocycles. The molecule has 2 aromatic rings. The van der Waals surface area contributed by atoms with E-state index < -0.39 is 0 Å². The van der Waals surface area contributed by atoms with E-state index in [0.29, 0.717) is 43.8 Å². The highest BCUT2D eigenvalue weighted by molar-refractivity contribution is 14.0. The van der Waals surface area contributed by atoms with Gasteiger partial charge in [0.15, 0.2) is 5.96 Å². The molecule has 1 aliphatic rings. The number of likely N-dealkylation sites (tertiary alicyclic amines) is 1. The number of nitrogens with two attached hydrogens (primary N) is 1. The molecule has 0 unspecified atom stereocenters. The molecule has 10 heteroatoms. The van der Waals surface area contributed by atoms with Gasteiger partial charge in [0.05, 0.1) is 13.2 Å². The van der Waals surface area contributed by atoms with Gasteiger partial charge in [-0.15, -0.1) is 24.0 Å². The second-order valence-electron chi connectivity index (χ2n) is 6.87. The first-order valence-corrected chi connectivity index (χ1v) is 9.90. The molecule has 3 N–H and O–H groups in total. The summed E-state index contributed by atoms with van der Waals surface area (Å²) in [7, 11) is 0. The summed E-state index contributed by atoms with van der Waals surface area (Å²) in [5.41, 5.74) is 6.86. The van der Waals surface area contributed by atoms with Crippen LogP contribution in [-0.2, 0) is 11.3 Å². The number of hydrogen-bond donors (Lipinski definition) is 2. The van der Waals surface area contributed by atoms with Crippen LogP contribution >= 0.6 is 24.0 Å². The van der Waals surface area contributed by atoms with E-state index in [1.165, 1.54) is 12.1 Å². The van der Waals surface area contributed by atoms with Gasteiger partial charge in [0, 0.05) is 37.5 Å². The molecule has 0 spiro atoms. The molecule has 1 aromatic carbocycles. The van der Waals surface area contributed by atoms with Gasteiger partial charge in [-0.05, 0) is 37.5 Å². The van der Waals surface area contributed by atoms with Crippen molar-refractivity contribution in [3.8, 4) is 11.6 Å². The van der Waals surface area contributed by atoms with Crippen LogP contribution in [0.5, 0.6) is 11.6 Å². The molecule has 2 heterocycles. The lowest BCUT2D eigenvalue weighted by Gasteiger charge is -2.31. The average Bonchev–Trinajstić information content (AvgIpc) is 2.74. The van der Waals surface area contributed by atoms with Crippen molar-refractivity contribution in [2.75, 3.05) is 19.7 Å². The van der Waals surface area contributed by atoms with Gasteiger partial charge in [0.25, 0.3) is 0 Å². The number of aromatic nitrogens is 1. The van der Waals surface area contributed by atoms with Gasteiger partial charge < -0.3 is 25.4 Å². The van der Waals surface area contributed by atoms with Gasteiger partial charge in [-0.1, -0.05) is 12.1 Å². The number of piperidine rings is 1. The second kappa shape index (κ2) is 12.3. The van der Waals surface area contributed by atoms with Crippen molar-refractivity contribution in [1.82, 2.24) is 15.2 Å². The predicted molar refractivity (Wildman–Crippen MR) is 126 cm³/mol. The average molecular weight is 543 g/mol. The molecule has 8 nitrogen and oxygen atoms in total. The van der Waals surface area contributed by atoms with Crippen molar-refractivity contribution in [3.05, 3.63) is 54.0 Å². The highest BCUT2D eigenvalue weighted by Crippen LogP contribution is 2.20. The molecular weight excluding hydrogens is 516 g/mol. The first-order chi connectivity index (χ1) is 14.5. The standard InChI is InChI=1S/C21H26FN5O3.HI/c1-2-29-21(28)27-10-8-17(9-11-27)26-20(23)25-14-15-6-7-19(24-13-15)30-18-5-3-4-16(22)12-18;/h3-7,12-13,17H,2,8-11,14H2,1H3,(H3,23,25,26);1H. The van der Waals surface area contributed by atoms with Crippen LogP contribution in [-0.4, -0.2) is 47.7 Å². The Balaban J connectivity index is 0.00000341. The molecule has 31 heavy (non-hydrogen) atoms. The van der Waals surface area contributed by atoms with E-state index in [9.17, 15) is 9.18 Å². The van der Waals surface area contributed by atoms with E-state index in [0.717, 1.165) is 18.4 Å². The summed E-state index contributed by atoms with van der Waals surface area (Å²) in [6, 6.07) is 9.57. The lowest BCUT2D eigenvalue weighted by Crippen LogP contribution is -2.48. The van der Waals surface area contributed by atoms with E-state index in [4.69, 9.17) is 15.2 Å². The maximum absolute atomic E-state index is 13.2. The summed E-state index contributed by atoms with van der Waals surface area (Å²) in [6.45, 7) is 3.79. The lowest BCUT2D eigenvalue weighted by atomic mass is 10.1. The van der Waals surface area contributed by atoms with Crippen molar-refractivity contribution in [1.29, 1.82) is 0 Å². The number of amides is 1. The summed E-state index contributed by atoms with van der Waals surface area (Å²) in [5, 5.41) is 3.20. The molecular formula is C21H27FIN5O3. The summed E-state index contributed by atoms with van der Waals surface area (Å²) in [4.78, 5) is 22.0. The number of carbonyl (C=O) groups is 1.